The van der Waals surface area contributed by atoms with Gasteiger partial charge in [-0.2, -0.15) is 0 Å². The normalized spacial score (nSPS) is 13.8. The molecule has 2 aromatic carbocycles. The first kappa shape index (κ1) is 20.3. The van der Waals surface area contributed by atoms with Gasteiger partial charge in [-0.15, -0.1) is 0 Å². The molecule has 7 nitrogen and oxygen atoms in total. The molecule has 0 saturated heterocycles. The van der Waals surface area contributed by atoms with Crippen LogP contribution < -0.4 is 10.0 Å². The lowest BCUT2D eigenvalue weighted by Gasteiger charge is -2.11. The van der Waals surface area contributed by atoms with Crippen molar-refractivity contribution in [1.82, 2.24) is 9.97 Å². The number of aromatic nitrogens is 2. The van der Waals surface area contributed by atoms with Gasteiger partial charge in [-0.3, -0.25) is 9.52 Å². The summed E-state index contributed by atoms with van der Waals surface area (Å²) in [6.07, 6.45) is 3.64. The topological polar surface area (TPSA) is 104 Å². The van der Waals surface area contributed by atoms with Crippen LogP contribution in [0.3, 0.4) is 0 Å². The first-order valence-electron chi connectivity index (χ1n) is 10.4. The summed E-state index contributed by atoms with van der Waals surface area (Å²) in [7, 11) is -3.67. The van der Waals surface area contributed by atoms with E-state index in [-0.39, 0.29) is 16.7 Å². The first-order chi connectivity index (χ1) is 15.4. The number of rotatable bonds is 6. The molecule has 3 N–H and O–H groups in total. The van der Waals surface area contributed by atoms with Crippen molar-refractivity contribution in [2.75, 3.05) is 10.0 Å². The molecular weight excluding hydrogens is 424 g/mol. The highest BCUT2D eigenvalue weighted by atomic mass is 32.2. The second kappa shape index (κ2) is 7.80. The van der Waals surface area contributed by atoms with Crippen molar-refractivity contribution < 1.29 is 13.2 Å². The molecule has 1 aliphatic carbocycles. The van der Waals surface area contributed by atoms with Crippen molar-refractivity contribution in [2.24, 2.45) is 5.92 Å². The Labute approximate surface area is 185 Å². The van der Waals surface area contributed by atoms with E-state index in [0.29, 0.717) is 17.2 Å². The summed E-state index contributed by atoms with van der Waals surface area (Å²) in [6, 6.07) is 17.6. The highest BCUT2D eigenvalue weighted by molar-refractivity contribution is 7.92. The summed E-state index contributed by atoms with van der Waals surface area (Å²) in [6.45, 7) is 1.91. The highest BCUT2D eigenvalue weighted by Crippen LogP contribution is 2.33. The molecule has 0 spiro atoms. The zero-order chi connectivity index (χ0) is 22.3. The number of H-pyrrole nitrogens is 1. The molecule has 0 unspecified atom stereocenters. The van der Waals surface area contributed by atoms with E-state index in [1.165, 1.54) is 0 Å². The first-order valence-corrected chi connectivity index (χ1v) is 11.9. The van der Waals surface area contributed by atoms with Crippen molar-refractivity contribution in [2.45, 2.75) is 24.7 Å². The number of carbonyl (C=O) groups excluding carboxylic acids is 1. The number of nitrogens with zero attached hydrogens (tertiary/aromatic N) is 1. The quantitative estimate of drug-likeness (QED) is 0.400. The van der Waals surface area contributed by atoms with Crippen molar-refractivity contribution in [3.63, 3.8) is 0 Å². The summed E-state index contributed by atoms with van der Waals surface area (Å²) in [5, 5.41) is 3.82. The Morgan fingerprint density at radius 3 is 2.44 bits per heavy atom. The molecule has 0 bridgehead atoms. The summed E-state index contributed by atoms with van der Waals surface area (Å²) in [5.74, 6) is 0.576. The molecule has 5 rings (SSSR count). The van der Waals surface area contributed by atoms with E-state index in [4.69, 9.17) is 0 Å². The molecule has 1 saturated carbocycles. The van der Waals surface area contributed by atoms with E-state index in [9.17, 15) is 13.2 Å². The number of pyridine rings is 1. The zero-order valence-corrected chi connectivity index (χ0v) is 18.2. The van der Waals surface area contributed by atoms with Gasteiger partial charge < -0.3 is 10.3 Å². The van der Waals surface area contributed by atoms with E-state index in [1.807, 2.05) is 31.2 Å². The van der Waals surface area contributed by atoms with E-state index < -0.39 is 10.0 Å². The van der Waals surface area contributed by atoms with Gasteiger partial charge in [-0.25, -0.2) is 13.4 Å². The minimum atomic E-state index is -3.67. The predicted molar refractivity (Wildman–Crippen MR) is 125 cm³/mol. The van der Waals surface area contributed by atoms with Crippen LogP contribution in [0.5, 0.6) is 0 Å². The number of carbonyl (C=O) groups is 1. The number of hydrogen-bond donors (Lipinski definition) is 3. The van der Waals surface area contributed by atoms with Crippen LogP contribution in [0.25, 0.3) is 22.2 Å². The summed E-state index contributed by atoms with van der Waals surface area (Å²) < 4.78 is 27.9. The molecule has 2 heterocycles. The van der Waals surface area contributed by atoms with Crippen molar-refractivity contribution in [3.8, 4) is 11.1 Å². The van der Waals surface area contributed by atoms with Crippen molar-refractivity contribution in [1.29, 1.82) is 0 Å². The van der Waals surface area contributed by atoms with E-state index in [0.717, 1.165) is 34.9 Å². The molecule has 1 fully saturated rings. The van der Waals surface area contributed by atoms with Crippen LogP contribution in [-0.2, 0) is 14.8 Å². The zero-order valence-electron chi connectivity index (χ0n) is 17.4. The maximum absolute atomic E-state index is 12.7. The van der Waals surface area contributed by atoms with E-state index in [2.05, 4.69) is 20.0 Å². The number of fused-ring (bicyclic) bond motifs is 1. The van der Waals surface area contributed by atoms with E-state index in [1.54, 1.807) is 42.6 Å². The molecule has 0 atom stereocenters. The SMILES string of the molecule is Cc1ccc(S(=O)(=O)Nc2ccc(-c3cc(NC(=O)C4CC4)nc4[nH]ccc34)cc2)cc1. The number of amides is 1. The summed E-state index contributed by atoms with van der Waals surface area (Å²) >= 11 is 0. The summed E-state index contributed by atoms with van der Waals surface area (Å²) in [5.41, 5.74) is 3.93. The van der Waals surface area contributed by atoms with Gasteiger partial charge in [-0.1, -0.05) is 29.8 Å². The molecule has 1 aliphatic rings. The minimum absolute atomic E-state index is 0.00443. The van der Waals surface area contributed by atoms with E-state index >= 15 is 0 Å². The Morgan fingerprint density at radius 1 is 1.03 bits per heavy atom. The monoisotopic (exact) mass is 446 g/mol. The number of nitrogens with one attached hydrogen (secondary N) is 3. The molecule has 0 radical (unpaired) electrons. The fourth-order valence-corrected chi connectivity index (χ4v) is 4.62. The van der Waals surface area contributed by atoms with Crippen LogP contribution in [0.2, 0.25) is 0 Å². The van der Waals surface area contributed by atoms with Crippen LogP contribution >= 0.6 is 0 Å². The maximum atomic E-state index is 12.7. The lowest BCUT2D eigenvalue weighted by atomic mass is 10.0. The fourth-order valence-electron chi connectivity index (χ4n) is 3.56. The van der Waals surface area contributed by atoms with Crippen LogP contribution in [-0.4, -0.2) is 24.3 Å². The Balaban J connectivity index is 1.42. The van der Waals surface area contributed by atoms with Crippen LogP contribution in [0.4, 0.5) is 11.5 Å². The number of aromatic amines is 1. The fraction of sp³-hybridized carbons (Fsp3) is 0.167. The molecule has 4 aromatic rings. The van der Waals surface area contributed by atoms with Gasteiger partial charge in [0.05, 0.1) is 4.90 Å². The average molecular weight is 447 g/mol. The standard InChI is InChI=1S/C24H22N4O3S/c1-15-2-10-19(11-3-15)32(30,31)28-18-8-6-16(7-9-18)21-14-22(27-24(29)17-4-5-17)26-23-20(21)12-13-25-23/h2-3,6-14,17,28H,4-5H2,1H3,(H2,25,26,27,29). The Kier molecular flexibility index (Phi) is 4.94. The third-order valence-corrected chi connectivity index (χ3v) is 6.90. The van der Waals surface area contributed by atoms with Gasteiger partial charge in [0.25, 0.3) is 10.0 Å². The molecule has 1 amide bonds. The molecule has 32 heavy (non-hydrogen) atoms. The Morgan fingerprint density at radius 2 is 1.75 bits per heavy atom. The van der Waals surface area contributed by atoms with Gasteiger partial charge in [0.15, 0.2) is 0 Å². The minimum Gasteiger partial charge on any atom is -0.346 e. The average Bonchev–Trinajstić information content (AvgIpc) is 3.52. The molecular formula is C24H22N4O3S. The third kappa shape index (κ3) is 4.09. The maximum Gasteiger partial charge on any atom is 0.261 e. The molecule has 2 aromatic heterocycles. The highest BCUT2D eigenvalue weighted by Gasteiger charge is 2.30. The number of hydrogen-bond acceptors (Lipinski definition) is 4. The van der Waals surface area contributed by atoms with Crippen LogP contribution in [0, 0.1) is 12.8 Å². The second-order valence-corrected chi connectivity index (χ2v) is 9.74. The predicted octanol–water partition coefficient (Wildman–Crippen LogP) is 4.69. The number of anilines is 2. The Hall–Kier alpha value is -3.65. The Bertz CT molecular complexity index is 1400. The van der Waals surface area contributed by atoms with Crippen LogP contribution in [0.15, 0.2) is 71.8 Å². The van der Waals surface area contributed by atoms with Gasteiger partial charge in [0.1, 0.15) is 11.5 Å². The second-order valence-electron chi connectivity index (χ2n) is 8.05. The number of aryl methyl sites for hydroxylation is 1. The summed E-state index contributed by atoms with van der Waals surface area (Å²) in [4.78, 5) is 20.0. The molecule has 8 heteroatoms. The van der Waals surface area contributed by atoms with Crippen molar-refractivity contribution >= 4 is 38.5 Å². The lowest BCUT2D eigenvalue weighted by Crippen LogP contribution is -2.14. The van der Waals surface area contributed by atoms with Gasteiger partial charge in [0, 0.05) is 23.2 Å². The van der Waals surface area contributed by atoms with Gasteiger partial charge in [-0.05, 0) is 67.3 Å². The van der Waals surface area contributed by atoms with Gasteiger partial charge >= 0.3 is 0 Å². The lowest BCUT2D eigenvalue weighted by molar-refractivity contribution is -0.117. The largest absolute Gasteiger partial charge is 0.346 e. The number of sulfonamides is 1. The smallest absolute Gasteiger partial charge is 0.261 e. The third-order valence-electron chi connectivity index (χ3n) is 5.51. The number of benzene rings is 2. The molecule has 0 aliphatic heterocycles. The molecule has 162 valence electrons. The van der Waals surface area contributed by atoms with Crippen molar-refractivity contribution in [3.05, 3.63) is 72.4 Å². The van der Waals surface area contributed by atoms with Gasteiger partial charge in [0.2, 0.25) is 5.91 Å². The van der Waals surface area contributed by atoms with Crippen LogP contribution in [0.1, 0.15) is 18.4 Å².